The van der Waals surface area contributed by atoms with Crippen LogP contribution >= 0.6 is 0 Å². The third-order valence-electron chi connectivity index (χ3n) is 5.72. The summed E-state index contributed by atoms with van der Waals surface area (Å²) in [4.78, 5) is 24.1. The Labute approximate surface area is 185 Å². The van der Waals surface area contributed by atoms with Crippen molar-refractivity contribution in [3.05, 3.63) is 70.0 Å². The fourth-order valence-corrected chi connectivity index (χ4v) is 4.04. The Bertz CT molecular complexity index is 1490. The van der Waals surface area contributed by atoms with Gasteiger partial charge in [-0.1, -0.05) is 0 Å². The molecule has 4 aromatic rings. The molecular formula is C23H18F3N5O2. The van der Waals surface area contributed by atoms with Crippen LogP contribution in [0.2, 0.25) is 0 Å². The van der Waals surface area contributed by atoms with Gasteiger partial charge in [-0.3, -0.25) is 9.69 Å². The fourth-order valence-electron chi connectivity index (χ4n) is 4.04. The summed E-state index contributed by atoms with van der Waals surface area (Å²) < 4.78 is 49.5. The molecule has 0 saturated heterocycles. The number of ether oxygens (including phenoxy) is 1. The largest absolute Gasteiger partial charge is 0.491 e. The molecule has 1 aliphatic heterocycles. The smallest absolute Gasteiger partial charge is 0.258 e. The van der Waals surface area contributed by atoms with Crippen LogP contribution in [0.3, 0.4) is 0 Å². The van der Waals surface area contributed by atoms with Gasteiger partial charge in [-0.15, -0.1) is 0 Å². The van der Waals surface area contributed by atoms with E-state index < -0.39 is 28.5 Å². The Balaban J connectivity index is 1.68. The molecule has 1 atom stereocenters. The summed E-state index contributed by atoms with van der Waals surface area (Å²) in [6.45, 7) is 0.466. The minimum absolute atomic E-state index is 0.0140. The van der Waals surface area contributed by atoms with Gasteiger partial charge in [0.1, 0.15) is 35.4 Å². The van der Waals surface area contributed by atoms with Crippen LogP contribution in [0, 0.1) is 17.6 Å². The second-order valence-corrected chi connectivity index (χ2v) is 7.99. The van der Waals surface area contributed by atoms with Crippen LogP contribution in [0.1, 0.15) is 11.6 Å². The topological polar surface area (TPSA) is 97.1 Å². The van der Waals surface area contributed by atoms with E-state index in [4.69, 9.17) is 10.5 Å². The van der Waals surface area contributed by atoms with E-state index in [1.807, 2.05) is 19.0 Å². The van der Waals surface area contributed by atoms with Crippen LogP contribution in [0.5, 0.6) is 5.75 Å². The van der Waals surface area contributed by atoms with Gasteiger partial charge in [-0.05, 0) is 44.4 Å². The number of H-pyrrole nitrogens is 1. The molecule has 0 radical (unpaired) electrons. The standard InChI is InChI=1S/C23H18F3N5O2/c1-31(2)16-9-33-17-4-3-10(5-13(16)17)19-21(26)30-22(27)20(29-19)11-6-12-15(25)8-28-23(32)18(12)14(24)7-11/h3-8,16H,9H2,1-2H3,(H2,27,30)(H,28,32)/t16-/m1/s1. The van der Waals surface area contributed by atoms with Crippen molar-refractivity contribution < 1.29 is 17.9 Å². The Hall–Kier alpha value is -3.92. The van der Waals surface area contributed by atoms with Crippen LogP contribution in [-0.4, -0.2) is 40.6 Å². The summed E-state index contributed by atoms with van der Waals surface area (Å²) in [6.07, 6.45) is 0.840. The van der Waals surface area contributed by atoms with Crippen LogP contribution in [0.15, 0.2) is 41.3 Å². The number of aromatic nitrogens is 3. The number of likely N-dealkylation sites (N-methyl/N-ethyl adjacent to an activating group) is 1. The van der Waals surface area contributed by atoms with Crippen molar-refractivity contribution >= 4 is 16.6 Å². The van der Waals surface area contributed by atoms with E-state index >= 15 is 0 Å². The Morgan fingerprint density at radius 1 is 1.06 bits per heavy atom. The molecule has 0 amide bonds. The van der Waals surface area contributed by atoms with Gasteiger partial charge in [0.15, 0.2) is 5.82 Å². The molecular weight excluding hydrogens is 435 g/mol. The van der Waals surface area contributed by atoms with Crippen molar-refractivity contribution in [1.29, 1.82) is 0 Å². The minimum Gasteiger partial charge on any atom is -0.491 e. The lowest BCUT2D eigenvalue weighted by Gasteiger charge is -2.18. The van der Waals surface area contributed by atoms with E-state index in [1.165, 1.54) is 6.07 Å². The third kappa shape index (κ3) is 3.39. The maximum absolute atomic E-state index is 14.8. The number of hydrogen-bond donors (Lipinski definition) is 2. The van der Waals surface area contributed by atoms with Crippen molar-refractivity contribution in [3.63, 3.8) is 0 Å². The first kappa shape index (κ1) is 21.0. The average Bonchev–Trinajstić information content (AvgIpc) is 3.19. The Morgan fingerprint density at radius 2 is 1.85 bits per heavy atom. The van der Waals surface area contributed by atoms with Crippen molar-refractivity contribution in [2.45, 2.75) is 6.04 Å². The molecule has 0 saturated carbocycles. The molecule has 0 fully saturated rings. The molecule has 2 aromatic carbocycles. The van der Waals surface area contributed by atoms with Gasteiger partial charge in [0.05, 0.1) is 11.4 Å². The first-order valence-electron chi connectivity index (χ1n) is 10.0. The SMILES string of the molecule is CN(C)[C@@H]1COc2ccc(-c3nc(-c4cc(F)c5c(=O)[nH]cc(F)c5c4)c(N)nc3F)cc21. The van der Waals surface area contributed by atoms with Gasteiger partial charge in [0.2, 0.25) is 5.95 Å². The van der Waals surface area contributed by atoms with Crippen molar-refractivity contribution in [1.82, 2.24) is 19.9 Å². The van der Waals surface area contributed by atoms with E-state index in [1.54, 1.807) is 18.2 Å². The van der Waals surface area contributed by atoms with Crippen LogP contribution < -0.4 is 16.0 Å². The second kappa shape index (κ2) is 7.59. The number of anilines is 1. The highest BCUT2D eigenvalue weighted by Crippen LogP contribution is 2.38. The number of hydrogen-bond acceptors (Lipinski definition) is 6. The Kier molecular flexibility index (Phi) is 4.82. The number of nitrogens with two attached hydrogens (primary N) is 1. The van der Waals surface area contributed by atoms with Crippen molar-refractivity contribution in [3.8, 4) is 28.3 Å². The second-order valence-electron chi connectivity index (χ2n) is 7.99. The highest BCUT2D eigenvalue weighted by Gasteiger charge is 2.27. The molecule has 7 nitrogen and oxygen atoms in total. The summed E-state index contributed by atoms with van der Waals surface area (Å²) in [5.74, 6) is -2.29. The summed E-state index contributed by atoms with van der Waals surface area (Å²) in [5.41, 5.74) is 6.35. The van der Waals surface area contributed by atoms with E-state index in [2.05, 4.69) is 15.0 Å². The van der Waals surface area contributed by atoms with Gasteiger partial charge in [-0.25, -0.2) is 13.8 Å². The number of nitrogens with zero attached hydrogens (tertiary/aromatic N) is 3. The van der Waals surface area contributed by atoms with E-state index in [9.17, 15) is 18.0 Å². The third-order valence-corrected chi connectivity index (χ3v) is 5.72. The van der Waals surface area contributed by atoms with Crippen LogP contribution in [-0.2, 0) is 0 Å². The highest BCUT2D eigenvalue weighted by atomic mass is 19.1. The number of halogens is 3. The number of rotatable bonds is 3. The first-order valence-corrected chi connectivity index (χ1v) is 10.0. The molecule has 0 spiro atoms. The number of aromatic amines is 1. The lowest BCUT2D eigenvalue weighted by Crippen LogP contribution is -2.20. The molecule has 5 rings (SSSR count). The van der Waals surface area contributed by atoms with Crippen LogP contribution in [0.4, 0.5) is 19.0 Å². The molecule has 0 unspecified atom stereocenters. The summed E-state index contributed by atoms with van der Waals surface area (Å²) in [6, 6.07) is 7.36. The minimum atomic E-state index is -0.959. The monoisotopic (exact) mass is 453 g/mol. The Morgan fingerprint density at radius 3 is 2.61 bits per heavy atom. The van der Waals surface area contributed by atoms with Crippen molar-refractivity contribution in [2.24, 2.45) is 0 Å². The van der Waals surface area contributed by atoms with Gasteiger partial charge >= 0.3 is 0 Å². The number of benzene rings is 2. The van der Waals surface area contributed by atoms with Crippen molar-refractivity contribution in [2.75, 3.05) is 26.4 Å². The van der Waals surface area contributed by atoms with E-state index in [0.717, 1.165) is 17.8 Å². The zero-order chi connectivity index (χ0) is 23.4. The van der Waals surface area contributed by atoms with Gasteiger partial charge < -0.3 is 15.5 Å². The first-order chi connectivity index (χ1) is 15.7. The number of nitrogens with one attached hydrogen (secondary N) is 1. The molecule has 0 bridgehead atoms. The number of fused-ring (bicyclic) bond motifs is 2. The van der Waals surface area contributed by atoms with Crippen LogP contribution in [0.25, 0.3) is 33.3 Å². The molecule has 168 valence electrons. The highest BCUT2D eigenvalue weighted by molar-refractivity contribution is 5.88. The molecule has 2 aromatic heterocycles. The van der Waals surface area contributed by atoms with E-state index in [0.29, 0.717) is 17.9 Å². The van der Waals surface area contributed by atoms with Gasteiger partial charge in [-0.2, -0.15) is 9.37 Å². The molecule has 10 heteroatoms. The maximum Gasteiger partial charge on any atom is 0.258 e. The molecule has 0 aliphatic carbocycles. The zero-order valence-corrected chi connectivity index (χ0v) is 17.6. The van der Waals surface area contributed by atoms with Gasteiger partial charge in [0.25, 0.3) is 5.56 Å². The predicted octanol–water partition coefficient (Wildman–Crippen LogP) is 3.65. The molecule has 1 aliphatic rings. The molecule has 3 heterocycles. The summed E-state index contributed by atoms with van der Waals surface area (Å²) >= 11 is 0. The summed E-state index contributed by atoms with van der Waals surface area (Å²) in [7, 11) is 3.83. The molecule has 33 heavy (non-hydrogen) atoms. The predicted molar refractivity (Wildman–Crippen MR) is 117 cm³/mol. The maximum atomic E-state index is 14.8. The fraction of sp³-hybridized carbons (Fsp3) is 0.174. The summed E-state index contributed by atoms with van der Waals surface area (Å²) in [5, 5.41) is -0.676. The normalized spacial score (nSPS) is 15.2. The zero-order valence-electron chi connectivity index (χ0n) is 17.6. The van der Waals surface area contributed by atoms with Gasteiger partial charge in [0, 0.05) is 28.3 Å². The number of nitrogen functional groups attached to an aromatic ring is 1. The average molecular weight is 453 g/mol. The molecule has 3 N–H and O–H groups in total. The van der Waals surface area contributed by atoms with E-state index in [-0.39, 0.29) is 34.2 Å². The lowest BCUT2D eigenvalue weighted by atomic mass is 10.0. The number of pyridine rings is 1. The lowest BCUT2D eigenvalue weighted by molar-refractivity contribution is 0.227. The quantitative estimate of drug-likeness (QED) is 0.492.